The highest BCUT2D eigenvalue weighted by atomic mass is 32.2. The van der Waals surface area contributed by atoms with Crippen molar-refractivity contribution in [3.63, 3.8) is 0 Å². The zero-order valence-electron chi connectivity index (χ0n) is 4.37. The molecule has 0 spiro atoms. The molecule has 5 heteroatoms. The summed E-state index contributed by atoms with van der Waals surface area (Å²) in [5, 5.41) is 3.82. The van der Waals surface area contributed by atoms with Crippen molar-refractivity contribution in [2.24, 2.45) is 5.10 Å². The van der Waals surface area contributed by atoms with Crippen LogP contribution in [-0.2, 0) is 0 Å². The van der Waals surface area contributed by atoms with E-state index in [1.807, 2.05) is 0 Å². The van der Waals surface area contributed by atoms with E-state index in [9.17, 15) is 0 Å². The van der Waals surface area contributed by atoms with Crippen LogP contribution in [0.3, 0.4) is 0 Å². The van der Waals surface area contributed by atoms with Crippen molar-refractivity contribution in [2.75, 3.05) is 5.43 Å². The summed E-state index contributed by atoms with van der Waals surface area (Å²) in [6.07, 6.45) is 0. The smallest absolute Gasteiger partial charge is 0.171 e. The van der Waals surface area contributed by atoms with Crippen LogP contribution in [0.2, 0.25) is 0 Å². The maximum atomic E-state index is 4.03. The van der Waals surface area contributed by atoms with Gasteiger partial charge in [0.25, 0.3) is 0 Å². The molecule has 3 nitrogen and oxygen atoms in total. The Bertz CT molecular complexity index is 219. The normalized spacial score (nSPS) is 14.7. The summed E-state index contributed by atoms with van der Waals surface area (Å²) in [6, 6.07) is 0. The number of fused-ring (bicyclic) bond motifs is 1. The highest BCUT2D eigenvalue weighted by Crippen LogP contribution is 2.31. The molecule has 0 amide bonds. The summed E-state index contributed by atoms with van der Waals surface area (Å²) < 4.78 is 1.19. The van der Waals surface area contributed by atoms with Gasteiger partial charge in [-0.3, -0.25) is 5.43 Å². The third-order valence-electron chi connectivity index (χ3n) is 0.918. The third kappa shape index (κ3) is 0.818. The van der Waals surface area contributed by atoms with E-state index in [1.54, 1.807) is 34.2 Å². The molecule has 0 unspecified atom stereocenters. The molecule has 0 aromatic carbocycles. The monoisotopic (exact) mass is 157 g/mol. The maximum absolute atomic E-state index is 4.03. The van der Waals surface area contributed by atoms with Crippen LogP contribution >= 0.6 is 23.1 Å². The number of rotatable bonds is 0. The predicted octanol–water partition coefficient (Wildman–Crippen LogP) is 1.60. The summed E-state index contributed by atoms with van der Waals surface area (Å²) in [6.45, 7) is 0. The Morgan fingerprint density at radius 2 is 2.56 bits per heavy atom. The van der Waals surface area contributed by atoms with Gasteiger partial charge in [0.05, 0.1) is 11.1 Å². The molecule has 0 fully saturated rings. The van der Waals surface area contributed by atoms with Gasteiger partial charge in [-0.1, -0.05) is 11.8 Å². The number of thioether (sulfide) groups is 1. The number of nitrogens with one attached hydrogen (secondary N) is 1. The van der Waals surface area contributed by atoms with E-state index in [0.29, 0.717) is 0 Å². The predicted molar refractivity (Wildman–Crippen MR) is 40.1 cm³/mol. The van der Waals surface area contributed by atoms with E-state index < -0.39 is 0 Å². The van der Waals surface area contributed by atoms with E-state index >= 15 is 0 Å². The van der Waals surface area contributed by atoms with Crippen LogP contribution in [0.25, 0.3) is 0 Å². The maximum Gasteiger partial charge on any atom is 0.171 e. The minimum absolute atomic E-state index is 0.882. The van der Waals surface area contributed by atoms with Crippen molar-refractivity contribution in [1.29, 1.82) is 0 Å². The molecule has 0 aliphatic carbocycles. The molecule has 46 valence electrons. The standard InChI is InChI=1S/C4H3N3S2/c1-5-3-4(8-1)9-2-6-7-3/h1-2,7H. The van der Waals surface area contributed by atoms with Crippen LogP contribution in [0.5, 0.6) is 0 Å². The second kappa shape index (κ2) is 2.00. The minimum atomic E-state index is 0.882. The average molecular weight is 157 g/mol. The van der Waals surface area contributed by atoms with Crippen molar-refractivity contribution in [1.82, 2.24) is 4.98 Å². The average Bonchev–Trinajstić information content (AvgIpc) is 2.33. The first-order valence-electron chi connectivity index (χ1n) is 2.34. The molecule has 0 saturated heterocycles. The zero-order valence-corrected chi connectivity index (χ0v) is 6.00. The lowest BCUT2D eigenvalue weighted by Gasteiger charge is -2.01. The number of hydrogen-bond donors (Lipinski definition) is 1. The van der Waals surface area contributed by atoms with Crippen LogP contribution in [0, 0.1) is 0 Å². The summed E-state index contributed by atoms with van der Waals surface area (Å²) in [4.78, 5) is 4.03. The van der Waals surface area contributed by atoms with E-state index in [1.165, 1.54) is 4.21 Å². The molecule has 0 bridgehead atoms. The van der Waals surface area contributed by atoms with Crippen molar-refractivity contribution < 1.29 is 0 Å². The molecule has 1 aromatic rings. The number of anilines is 1. The second-order valence-corrected chi connectivity index (χ2v) is 3.42. The van der Waals surface area contributed by atoms with E-state index in [0.717, 1.165) is 5.82 Å². The van der Waals surface area contributed by atoms with Crippen LogP contribution in [0.1, 0.15) is 0 Å². The van der Waals surface area contributed by atoms with Crippen LogP contribution in [0.15, 0.2) is 14.8 Å². The third-order valence-corrected chi connectivity index (χ3v) is 2.73. The molecule has 1 aromatic heterocycles. The molecule has 1 aliphatic heterocycles. The first-order valence-corrected chi connectivity index (χ1v) is 4.10. The Hall–Kier alpha value is -0.550. The van der Waals surface area contributed by atoms with Crippen LogP contribution in [0.4, 0.5) is 5.82 Å². The second-order valence-electron chi connectivity index (χ2n) is 1.45. The first-order chi connectivity index (χ1) is 4.47. The number of nitrogens with zero attached hydrogens (tertiary/aromatic N) is 2. The quantitative estimate of drug-likeness (QED) is 0.621. The molecular weight excluding hydrogens is 154 g/mol. The molecular formula is C4H3N3S2. The zero-order chi connectivity index (χ0) is 6.10. The van der Waals surface area contributed by atoms with E-state index in [-0.39, 0.29) is 0 Å². The number of hydrogen-bond acceptors (Lipinski definition) is 5. The van der Waals surface area contributed by atoms with Crippen molar-refractivity contribution >= 4 is 34.5 Å². The fraction of sp³-hybridized carbons (Fsp3) is 0. The number of aromatic nitrogens is 1. The van der Waals surface area contributed by atoms with Gasteiger partial charge in [0.1, 0.15) is 4.21 Å². The lowest BCUT2D eigenvalue weighted by molar-refractivity contribution is 1.24. The number of thiazole rings is 1. The van der Waals surface area contributed by atoms with Gasteiger partial charge in [0.15, 0.2) is 5.82 Å². The summed E-state index contributed by atoms with van der Waals surface area (Å²) in [5.74, 6) is 0.882. The fourth-order valence-electron chi connectivity index (χ4n) is 0.555. The van der Waals surface area contributed by atoms with Gasteiger partial charge in [-0.2, -0.15) is 5.10 Å². The van der Waals surface area contributed by atoms with Gasteiger partial charge < -0.3 is 0 Å². The Morgan fingerprint density at radius 1 is 1.56 bits per heavy atom. The Labute approximate surface area is 60.2 Å². The number of hydrazone groups is 1. The van der Waals surface area contributed by atoms with E-state index in [4.69, 9.17) is 0 Å². The molecule has 0 radical (unpaired) electrons. The molecule has 9 heavy (non-hydrogen) atoms. The van der Waals surface area contributed by atoms with Crippen molar-refractivity contribution in [3.05, 3.63) is 5.51 Å². The molecule has 0 atom stereocenters. The summed E-state index contributed by atoms with van der Waals surface area (Å²) in [7, 11) is 0. The Balaban J connectivity index is 2.46. The molecule has 1 N–H and O–H groups in total. The van der Waals surface area contributed by atoms with Gasteiger partial charge in [-0.15, -0.1) is 11.3 Å². The lowest BCUT2D eigenvalue weighted by Crippen LogP contribution is -1.93. The Kier molecular flexibility index (Phi) is 1.17. The minimum Gasteiger partial charge on any atom is -0.259 e. The van der Waals surface area contributed by atoms with Gasteiger partial charge >= 0.3 is 0 Å². The fourth-order valence-corrected chi connectivity index (χ4v) is 1.91. The molecule has 2 rings (SSSR count). The lowest BCUT2D eigenvalue weighted by atomic mass is 10.8. The first kappa shape index (κ1) is 5.25. The van der Waals surface area contributed by atoms with Crippen molar-refractivity contribution in [2.45, 2.75) is 4.21 Å². The van der Waals surface area contributed by atoms with Gasteiger partial charge in [-0.25, -0.2) is 4.98 Å². The van der Waals surface area contributed by atoms with Crippen LogP contribution < -0.4 is 5.43 Å². The van der Waals surface area contributed by atoms with Gasteiger partial charge in [0.2, 0.25) is 0 Å². The van der Waals surface area contributed by atoms with Crippen molar-refractivity contribution in [3.8, 4) is 0 Å². The van der Waals surface area contributed by atoms with Crippen LogP contribution in [-0.4, -0.2) is 10.5 Å². The SMILES string of the molecule is C1=NNc2ncsc2S1. The largest absolute Gasteiger partial charge is 0.259 e. The molecule has 1 aliphatic rings. The molecule has 0 saturated carbocycles. The highest BCUT2D eigenvalue weighted by molar-refractivity contribution is 8.13. The van der Waals surface area contributed by atoms with Gasteiger partial charge in [0, 0.05) is 0 Å². The Morgan fingerprint density at radius 3 is 3.44 bits per heavy atom. The summed E-state index contributed by atoms with van der Waals surface area (Å²) >= 11 is 3.22. The topological polar surface area (TPSA) is 37.3 Å². The van der Waals surface area contributed by atoms with Gasteiger partial charge in [-0.05, 0) is 0 Å². The molecule has 2 heterocycles. The summed E-state index contributed by atoms with van der Waals surface area (Å²) in [5.41, 5.74) is 6.36. The van der Waals surface area contributed by atoms with E-state index in [2.05, 4.69) is 15.5 Å². The highest BCUT2D eigenvalue weighted by Gasteiger charge is 2.06.